The second-order valence-electron chi connectivity index (χ2n) is 6.58. The van der Waals surface area contributed by atoms with Crippen molar-refractivity contribution < 1.29 is 6.22 Å². The van der Waals surface area contributed by atoms with E-state index >= 15 is 0 Å². The normalized spacial score (nSPS) is 27.0. The number of carbonyl (C=O) groups excluding carboxylic acids is 1. The Morgan fingerprint density at radius 1 is 1.38 bits per heavy atom. The van der Waals surface area contributed by atoms with E-state index in [1.54, 1.807) is 6.08 Å². The molecular weight excluding hydrogens is 264 g/mol. The Balaban J connectivity index is 0.00000242. The van der Waals surface area contributed by atoms with Gasteiger partial charge in [0.2, 0.25) is 0 Å². The highest BCUT2D eigenvalue weighted by atomic mass is 16.1. The molecule has 1 saturated carbocycles. The van der Waals surface area contributed by atoms with Crippen LogP contribution in [0.5, 0.6) is 0 Å². The van der Waals surface area contributed by atoms with Gasteiger partial charge < -0.3 is 10.7 Å². The van der Waals surface area contributed by atoms with Gasteiger partial charge in [-0.1, -0.05) is 6.92 Å². The first-order chi connectivity index (χ1) is 9.92. The van der Waals surface area contributed by atoms with Gasteiger partial charge in [0.1, 0.15) is 5.71 Å². The molecule has 0 aromatic heterocycles. The fraction of sp³-hybridized carbons (Fsp3) is 0.688. The predicted molar refractivity (Wildman–Crippen MR) is 87.2 cm³/mol. The maximum atomic E-state index is 12.1. The molecule has 0 unspecified atom stereocenters. The van der Waals surface area contributed by atoms with Crippen molar-refractivity contribution in [1.82, 2.24) is 10.2 Å². The summed E-state index contributed by atoms with van der Waals surface area (Å²) in [5, 5.41) is 18.3. The Morgan fingerprint density at radius 3 is 2.52 bits per heavy atom. The van der Waals surface area contributed by atoms with E-state index in [9.17, 15) is 4.79 Å². The maximum absolute atomic E-state index is 12.1. The van der Waals surface area contributed by atoms with Gasteiger partial charge in [-0.2, -0.15) is 0 Å². The van der Waals surface area contributed by atoms with Crippen molar-refractivity contribution in [1.29, 1.82) is 10.8 Å². The molecule has 21 heavy (non-hydrogen) atoms. The van der Waals surface area contributed by atoms with Crippen LogP contribution in [0, 0.1) is 22.7 Å². The monoisotopic (exact) mass is 292 g/mol. The SMILES string of the molecule is CC(C)N1C[C@@H](C)[C@@H](NC(=O)C(=N)/C=C(\C=N)C2CC2)C1.[HH]. The van der Waals surface area contributed by atoms with Crippen LogP contribution in [-0.2, 0) is 4.79 Å². The molecule has 0 bridgehead atoms. The van der Waals surface area contributed by atoms with Gasteiger partial charge in [0.05, 0.1) is 0 Å². The number of hydrogen-bond acceptors (Lipinski definition) is 4. The molecule has 2 fully saturated rings. The van der Waals surface area contributed by atoms with Gasteiger partial charge in [-0.15, -0.1) is 0 Å². The van der Waals surface area contributed by atoms with Crippen molar-refractivity contribution in [3.8, 4) is 0 Å². The number of rotatable bonds is 6. The summed E-state index contributed by atoms with van der Waals surface area (Å²) in [6, 6.07) is 0.589. The van der Waals surface area contributed by atoms with E-state index in [0.717, 1.165) is 31.5 Å². The third-order valence-electron chi connectivity index (χ3n) is 4.46. The molecule has 1 heterocycles. The van der Waals surface area contributed by atoms with Gasteiger partial charge in [0, 0.05) is 32.8 Å². The quantitative estimate of drug-likeness (QED) is 0.655. The minimum atomic E-state index is -0.322. The number of nitrogens with one attached hydrogen (secondary N) is 3. The van der Waals surface area contributed by atoms with E-state index in [1.165, 1.54) is 6.21 Å². The zero-order valence-corrected chi connectivity index (χ0v) is 13.1. The largest absolute Gasteiger partial charge is 0.346 e. The van der Waals surface area contributed by atoms with Gasteiger partial charge in [0.25, 0.3) is 5.91 Å². The molecule has 2 rings (SSSR count). The highest BCUT2D eigenvalue weighted by molar-refractivity contribution is 6.42. The molecular formula is C16H28N4O. The lowest BCUT2D eigenvalue weighted by Gasteiger charge is -2.20. The highest BCUT2D eigenvalue weighted by Crippen LogP contribution is 2.35. The minimum Gasteiger partial charge on any atom is -0.346 e. The Morgan fingerprint density at radius 2 is 2.05 bits per heavy atom. The number of allylic oxidation sites excluding steroid dienone is 1. The molecule has 0 spiro atoms. The summed E-state index contributed by atoms with van der Waals surface area (Å²) in [6.45, 7) is 8.29. The number of hydrogen-bond donors (Lipinski definition) is 3. The number of likely N-dealkylation sites (tertiary alicyclic amines) is 1. The first-order valence-electron chi connectivity index (χ1n) is 7.78. The molecule has 3 N–H and O–H groups in total. The summed E-state index contributed by atoms with van der Waals surface area (Å²) in [4.78, 5) is 14.5. The summed E-state index contributed by atoms with van der Waals surface area (Å²) in [5.74, 6) is 0.466. The third kappa shape index (κ3) is 4.00. The summed E-state index contributed by atoms with van der Waals surface area (Å²) >= 11 is 0. The zero-order chi connectivity index (χ0) is 15.6. The standard InChI is InChI=1S/C16H26N4O.H2/c1-10(2)20-8-11(3)15(9-20)19-16(21)14(18)6-13(7-17)12-4-5-12;/h6-7,10-12,15,17-18H,4-5,8-9H2,1-3H3,(H,19,21);1H/b13-6+,17-7?,18-14?;/t11-,15+;/m1./s1. The Labute approximate surface area is 128 Å². The van der Waals surface area contributed by atoms with Gasteiger partial charge in [0.15, 0.2) is 0 Å². The van der Waals surface area contributed by atoms with E-state index in [1.807, 2.05) is 0 Å². The van der Waals surface area contributed by atoms with Crippen LogP contribution in [0.15, 0.2) is 11.6 Å². The topological polar surface area (TPSA) is 80.0 Å². The summed E-state index contributed by atoms with van der Waals surface area (Å²) in [6.07, 6.45) is 4.97. The van der Waals surface area contributed by atoms with Crippen molar-refractivity contribution >= 4 is 17.8 Å². The molecule has 2 atom stereocenters. The third-order valence-corrected chi connectivity index (χ3v) is 4.46. The molecule has 5 heteroatoms. The average Bonchev–Trinajstić information content (AvgIpc) is 3.21. The van der Waals surface area contributed by atoms with Crippen molar-refractivity contribution in [2.24, 2.45) is 11.8 Å². The lowest BCUT2D eigenvalue weighted by atomic mass is 10.1. The molecule has 5 nitrogen and oxygen atoms in total. The van der Waals surface area contributed by atoms with E-state index < -0.39 is 0 Å². The van der Waals surface area contributed by atoms with E-state index in [-0.39, 0.29) is 19.1 Å². The van der Waals surface area contributed by atoms with Crippen LogP contribution in [0.2, 0.25) is 0 Å². The van der Waals surface area contributed by atoms with Gasteiger partial charge in [-0.3, -0.25) is 15.1 Å². The molecule has 0 radical (unpaired) electrons. The molecule has 0 aromatic carbocycles. The summed E-state index contributed by atoms with van der Waals surface area (Å²) in [5.41, 5.74) is 0.772. The molecule has 118 valence electrons. The summed E-state index contributed by atoms with van der Waals surface area (Å²) < 4.78 is 0. The highest BCUT2D eigenvalue weighted by Gasteiger charge is 2.32. The minimum absolute atomic E-state index is 0. The first-order valence-corrected chi connectivity index (χ1v) is 7.78. The van der Waals surface area contributed by atoms with E-state index in [0.29, 0.717) is 17.9 Å². The van der Waals surface area contributed by atoms with Crippen LogP contribution in [0.25, 0.3) is 0 Å². The molecule has 2 aliphatic rings. The second-order valence-corrected chi connectivity index (χ2v) is 6.58. The fourth-order valence-corrected chi connectivity index (χ4v) is 2.79. The smallest absolute Gasteiger partial charge is 0.269 e. The van der Waals surface area contributed by atoms with Gasteiger partial charge >= 0.3 is 0 Å². The maximum Gasteiger partial charge on any atom is 0.269 e. The lowest BCUT2D eigenvalue weighted by Crippen LogP contribution is -2.43. The zero-order valence-electron chi connectivity index (χ0n) is 13.1. The Bertz CT molecular complexity index is 471. The average molecular weight is 292 g/mol. The number of carbonyl (C=O) groups is 1. The van der Waals surface area contributed by atoms with Crippen molar-refractivity contribution in [3.63, 3.8) is 0 Å². The first kappa shape index (κ1) is 15.9. The van der Waals surface area contributed by atoms with Crippen molar-refractivity contribution in [3.05, 3.63) is 11.6 Å². The Hall–Kier alpha value is -1.49. The van der Waals surface area contributed by atoms with Crippen LogP contribution in [0.4, 0.5) is 0 Å². The molecule has 0 aromatic rings. The van der Waals surface area contributed by atoms with Gasteiger partial charge in [-0.25, -0.2) is 0 Å². The van der Waals surface area contributed by atoms with Crippen LogP contribution in [-0.4, -0.2) is 47.9 Å². The Kier molecular flexibility index (Phi) is 4.93. The number of amides is 1. The fourth-order valence-electron chi connectivity index (χ4n) is 2.79. The molecule has 1 saturated heterocycles. The van der Waals surface area contributed by atoms with Crippen LogP contribution < -0.4 is 5.32 Å². The number of nitrogens with zero attached hydrogens (tertiary/aromatic N) is 1. The van der Waals surface area contributed by atoms with Crippen molar-refractivity contribution in [2.75, 3.05) is 13.1 Å². The van der Waals surface area contributed by atoms with Crippen LogP contribution >= 0.6 is 0 Å². The predicted octanol–water partition coefficient (Wildman–Crippen LogP) is 2.08. The van der Waals surface area contributed by atoms with E-state index in [2.05, 4.69) is 31.0 Å². The summed E-state index contributed by atoms with van der Waals surface area (Å²) in [7, 11) is 0. The lowest BCUT2D eigenvalue weighted by molar-refractivity contribution is -0.115. The molecule has 1 amide bonds. The second kappa shape index (κ2) is 6.52. The van der Waals surface area contributed by atoms with Crippen LogP contribution in [0.1, 0.15) is 35.0 Å². The van der Waals surface area contributed by atoms with Crippen molar-refractivity contribution in [2.45, 2.75) is 45.7 Å². The van der Waals surface area contributed by atoms with Gasteiger partial charge in [-0.05, 0) is 50.2 Å². The molecule has 1 aliphatic heterocycles. The van der Waals surface area contributed by atoms with E-state index in [4.69, 9.17) is 10.8 Å². The van der Waals surface area contributed by atoms with Crippen LogP contribution in [0.3, 0.4) is 0 Å². The molecule has 1 aliphatic carbocycles.